The first kappa shape index (κ1) is 15.6. The van der Waals surface area contributed by atoms with E-state index in [9.17, 15) is 9.90 Å². The number of rotatable bonds is 4. The topological polar surface area (TPSA) is 75.8 Å². The number of phenols is 1. The second kappa shape index (κ2) is 6.80. The van der Waals surface area contributed by atoms with Gasteiger partial charge in [0.2, 0.25) is 0 Å². The molecule has 5 heteroatoms. The van der Waals surface area contributed by atoms with Crippen molar-refractivity contribution in [3.63, 3.8) is 0 Å². The molecule has 116 valence electrons. The standard InChI is InChI=1S/C16H24N2O3/c1-3-18(12-6-4-11(17)5-7-12)16(20)14-10-13(21-2)8-9-15(14)19/h8-12,19H,3-7,17H2,1-2H3. The summed E-state index contributed by atoms with van der Waals surface area (Å²) in [5, 5.41) is 9.96. The van der Waals surface area contributed by atoms with Gasteiger partial charge in [-0.1, -0.05) is 0 Å². The number of nitrogens with zero attached hydrogens (tertiary/aromatic N) is 1. The molecule has 1 fully saturated rings. The zero-order chi connectivity index (χ0) is 15.4. The quantitative estimate of drug-likeness (QED) is 0.891. The molecule has 1 saturated carbocycles. The molecular formula is C16H24N2O3. The van der Waals surface area contributed by atoms with Gasteiger partial charge in [-0.3, -0.25) is 4.79 Å². The summed E-state index contributed by atoms with van der Waals surface area (Å²) >= 11 is 0. The second-order valence-electron chi connectivity index (χ2n) is 5.54. The van der Waals surface area contributed by atoms with Gasteiger partial charge < -0.3 is 20.5 Å². The molecule has 0 heterocycles. The predicted octanol–water partition coefficient (Wildman–Crippen LogP) is 2.13. The normalized spacial score (nSPS) is 21.9. The zero-order valence-corrected chi connectivity index (χ0v) is 12.7. The summed E-state index contributed by atoms with van der Waals surface area (Å²) < 4.78 is 5.13. The van der Waals surface area contributed by atoms with Gasteiger partial charge >= 0.3 is 0 Å². The molecule has 5 nitrogen and oxygen atoms in total. The molecule has 0 bridgehead atoms. The van der Waals surface area contributed by atoms with Crippen molar-refractivity contribution in [2.45, 2.75) is 44.7 Å². The van der Waals surface area contributed by atoms with Crippen LogP contribution in [-0.4, -0.2) is 41.7 Å². The summed E-state index contributed by atoms with van der Waals surface area (Å²) in [5.41, 5.74) is 6.23. The Hall–Kier alpha value is -1.75. The van der Waals surface area contributed by atoms with Gasteiger partial charge in [0.25, 0.3) is 5.91 Å². The lowest BCUT2D eigenvalue weighted by Gasteiger charge is -2.35. The third-order valence-corrected chi connectivity index (χ3v) is 4.22. The molecule has 1 amide bonds. The number of ether oxygens (including phenoxy) is 1. The van der Waals surface area contributed by atoms with E-state index in [-0.39, 0.29) is 23.7 Å². The van der Waals surface area contributed by atoms with Crippen molar-refractivity contribution >= 4 is 5.91 Å². The molecule has 0 spiro atoms. The Morgan fingerprint density at radius 1 is 1.38 bits per heavy atom. The van der Waals surface area contributed by atoms with Crippen molar-refractivity contribution in [2.75, 3.05) is 13.7 Å². The minimum Gasteiger partial charge on any atom is -0.507 e. The van der Waals surface area contributed by atoms with Crippen molar-refractivity contribution in [3.05, 3.63) is 23.8 Å². The van der Waals surface area contributed by atoms with Gasteiger partial charge in [0.1, 0.15) is 11.5 Å². The fraction of sp³-hybridized carbons (Fsp3) is 0.562. The maximum atomic E-state index is 12.7. The van der Waals surface area contributed by atoms with E-state index in [1.54, 1.807) is 19.2 Å². The van der Waals surface area contributed by atoms with E-state index < -0.39 is 0 Å². The minimum atomic E-state index is -0.144. The molecule has 3 N–H and O–H groups in total. The number of carbonyl (C=O) groups excluding carboxylic acids is 1. The summed E-state index contributed by atoms with van der Waals surface area (Å²) in [6.45, 7) is 2.58. The number of carbonyl (C=O) groups is 1. The maximum absolute atomic E-state index is 12.7. The number of nitrogens with two attached hydrogens (primary N) is 1. The van der Waals surface area contributed by atoms with E-state index >= 15 is 0 Å². The van der Waals surface area contributed by atoms with E-state index in [0.29, 0.717) is 17.9 Å². The lowest BCUT2D eigenvalue weighted by atomic mass is 9.90. The Morgan fingerprint density at radius 3 is 2.62 bits per heavy atom. The predicted molar refractivity (Wildman–Crippen MR) is 81.6 cm³/mol. The lowest BCUT2D eigenvalue weighted by Crippen LogP contribution is -2.44. The van der Waals surface area contributed by atoms with Crippen LogP contribution in [0.2, 0.25) is 0 Å². The monoisotopic (exact) mass is 292 g/mol. The first-order chi connectivity index (χ1) is 10.1. The van der Waals surface area contributed by atoms with Crippen molar-refractivity contribution in [3.8, 4) is 11.5 Å². The molecule has 0 atom stereocenters. The van der Waals surface area contributed by atoms with Gasteiger partial charge in [-0.05, 0) is 50.8 Å². The summed E-state index contributed by atoms with van der Waals surface area (Å²) in [6.07, 6.45) is 3.73. The average molecular weight is 292 g/mol. The Labute approximate surface area is 125 Å². The molecule has 21 heavy (non-hydrogen) atoms. The SMILES string of the molecule is CCN(C(=O)c1cc(OC)ccc1O)C1CCC(N)CC1. The van der Waals surface area contributed by atoms with Crippen molar-refractivity contribution in [1.82, 2.24) is 4.90 Å². The Bertz CT molecular complexity index is 496. The van der Waals surface area contributed by atoms with E-state index in [4.69, 9.17) is 10.5 Å². The van der Waals surface area contributed by atoms with Gasteiger partial charge in [0, 0.05) is 18.6 Å². The van der Waals surface area contributed by atoms with Crippen LogP contribution in [0, 0.1) is 0 Å². The molecule has 0 radical (unpaired) electrons. The summed E-state index contributed by atoms with van der Waals surface area (Å²) in [6, 6.07) is 5.18. The highest BCUT2D eigenvalue weighted by atomic mass is 16.5. The fourth-order valence-corrected chi connectivity index (χ4v) is 2.95. The summed E-state index contributed by atoms with van der Waals surface area (Å²) in [5.74, 6) is 0.416. The van der Waals surface area contributed by atoms with E-state index in [2.05, 4.69) is 0 Å². The van der Waals surface area contributed by atoms with Crippen LogP contribution in [-0.2, 0) is 0 Å². The molecule has 0 aliphatic heterocycles. The first-order valence-electron chi connectivity index (χ1n) is 7.50. The van der Waals surface area contributed by atoms with Crippen LogP contribution in [0.25, 0.3) is 0 Å². The van der Waals surface area contributed by atoms with Crippen molar-refractivity contribution in [2.24, 2.45) is 5.73 Å². The molecule has 1 aromatic carbocycles. The van der Waals surface area contributed by atoms with E-state index in [1.165, 1.54) is 6.07 Å². The fourth-order valence-electron chi connectivity index (χ4n) is 2.95. The number of aromatic hydroxyl groups is 1. The average Bonchev–Trinajstić information content (AvgIpc) is 2.50. The minimum absolute atomic E-state index is 0.00763. The highest BCUT2D eigenvalue weighted by molar-refractivity contribution is 5.97. The van der Waals surface area contributed by atoms with Gasteiger partial charge in [0.05, 0.1) is 12.7 Å². The Morgan fingerprint density at radius 2 is 2.05 bits per heavy atom. The highest BCUT2D eigenvalue weighted by Gasteiger charge is 2.28. The van der Waals surface area contributed by atoms with Crippen LogP contribution in [0.1, 0.15) is 43.0 Å². The van der Waals surface area contributed by atoms with Crippen LogP contribution in [0.4, 0.5) is 0 Å². The van der Waals surface area contributed by atoms with Gasteiger partial charge in [-0.25, -0.2) is 0 Å². The number of benzene rings is 1. The molecule has 1 aromatic rings. The van der Waals surface area contributed by atoms with Crippen LogP contribution in [0.15, 0.2) is 18.2 Å². The van der Waals surface area contributed by atoms with Gasteiger partial charge in [0.15, 0.2) is 0 Å². The number of hydrogen-bond acceptors (Lipinski definition) is 4. The molecule has 0 aromatic heterocycles. The van der Waals surface area contributed by atoms with Crippen LogP contribution < -0.4 is 10.5 Å². The molecule has 1 aliphatic carbocycles. The van der Waals surface area contributed by atoms with Crippen molar-refractivity contribution < 1.29 is 14.6 Å². The maximum Gasteiger partial charge on any atom is 0.257 e. The first-order valence-corrected chi connectivity index (χ1v) is 7.50. The number of phenolic OH excluding ortho intramolecular Hbond substituents is 1. The Balaban J connectivity index is 2.20. The smallest absolute Gasteiger partial charge is 0.257 e. The number of hydrogen-bond donors (Lipinski definition) is 2. The summed E-state index contributed by atoms with van der Waals surface area (Å²) in [4.78, 5) is 14.6. The van der Waals surface area contributed by atoms with Gasteiger partial charge in [-0.15, -0.1) is 0 Å². The molecule has 2 rings (SSSR count). The molecular weight excluding hydrogens is 268 g/mol. The highest BCUT2D eigenvalue weighted by Crippen LogP contribution is 2.28. The third kappa shape index (κ3) is 3.47. The van der Waals surface area contributed by atoms with Crippen LogP contribution in [0.3, 0.4) is 0 Å². The third-order valence-electron chi connectivity index (χ3n) is 4.22. The number of amides is 1. The second-order valence-corrected chi connectivity index (χ2v) is 5.54. The van der Waals surface area contributed by atoms with Crippen LogP contribution in [0.5, 0.6) is 11.5 Å². The van der Waals surface area contributed by atoms with Crippen molar-refractivity contribution in [1.29, 1.82) is 0 Å². The van der Waals surface area contributed by atoms with Crippen LogP contribution >= 0.6 is 0 Å². The Kier molecular flexibility index (Phi) is 5.07. The number of methoxy groups -OCH3 is 1. The summed E-state index contributed by atoms with van der Waals surface area (Å²) in [7, 11) is 1.54. The molecule has 0 unspecified atom stereocenters. The van der Waals surface area contributed by atoms with E-state index in [1.807, 2.05) is 11.8 Å². The zero-order valence-electron chi connectivity index (χ0n) is 12.7. The van der Waals surface area contributed by atoms with E-state index in [0.717, 1.165) is 25.7 Å². The molecule has 1 aliphatic rings. The molecule has 0 saturated heterocycles. The largest absolute Gasteiger partial charge is 0.507 e. The van der Waals surface area contributed by atoms with Gasteiger partial charge in [-0.2, -0.15) is 0 Å². The lowest BCUT2D eigenvalue weighted by molar-refractivity contribution is 0.0637.